The first-order valence-electron chi connectivity index (χ1n) is 10.2. The molecule has 3 amide bonds. The first kappa shape index (κ1) is 32.6. The molecule has 0 radical (unpaired) electrons. The van der Waals surface area contributed by atoms with Gasteiger partial charge in [-0.25, -0.2) is 9.80 Å². The molecule has 0 aliphatic carbocycles. The third kappa shape index (κ3) is 9.21. The van der Waals surface area contributed by atoms with Gasteiger partial charge in [-0.1, -0.05) is 41.4 Å². The molecule has 0 heterocycles. The van der Waals surface area contributed by atoms with Gasteiger partial charge in [0.15, 0.2) is 0 Å². The van der Waals surface area contributed by atoms with Crippen LogP contribution in [-0.4, -0.2) is 42.9 Å². The van der Waals surface area contributed by atoms with E-state index in [0.29, 0.717) is 18.2 Å². The fourth-order valence-electron chi connectivity index (χ4n) is 3.03. The number of hydrazine groups is 1. The molecule has 0 aromatic heterocycles. The second-order valence-corrected chi connectivity index (χ2v) is 9.36. The zero-order valence-corrected chi connectivity index (χ0v) is 22.2. The Morgan fingerprint density at radius 1 is 1.00 bits per heavy atom. The Morgan fingerprint density at radius 3 is 2.05 bits per heavy atom. The third-order valence-corrected chi connectivity index (χ3v) is 6.71. The number of amides is 3. The summed E-state index contributed by atoms with van der Waals surface area (Å²) in [6, 6.07) is 2.42. The molecular weight excluding hydrogens is 660 g/mol. The van der Waals surface area contributed by atoms with E-state index in [9.17, 15) is 49.1 Å². The lowest BCUT2D eigenvalue weighted by Gasteiger charge is -2.21. The van der Waals surface area contributed by atoms with Crippen LogP contribution in [0.5, 0.6) is 0 Å². The molecule has 0 aliphatic rings. The molecule has 5 nitrogen and oxygen atoms in total. The van der Waals surface area contributed by atoms with Crippen molar-refractivity contribution in [3.8, 4) is 0 Å². The summed E-state index contributed by atoms with van der Waals surface area (Å²) in [6.45, 7) is -1.77. The zero-order valence-electron chi connectivity index (χ0n) is 19.1. The van der Waals surface area contributed by atoms with E-state index in [2.05, 4.69) is 15.9 Å². The van der Waals surface area contributed by atoms with E-state index in [0.717, 1.165) is 31.3 Å². The highest BCUT2D eigenvalue weighted by molar-refractivity contribution is 9.10. The van der Waals surface area contributed by atoms with Gasteiger partial charge in [0.2, 0.25) is 0 Å². The van der Waals surface area contributed by atoms with Gasteiger partial charge < -0.3 is 5.32 Å². The molecule has 0 saturated heterocycles. The van der Waals surface area contributed by atoms with Crippen LogP contribution in [0.3, 0.4) is 0 Å². The third-order valence-electron chi connectivity index (χ3n) is 4.81. The van der Waals surface area contributed by atoms with Gasteiger partial charge in [0, 0.05) is 7.05 Å². The average molecular weight is 675 g/mol. The van der Waals surface area contributed by atoms with Crippen LogP contribution in [-0.2, 0) is 6.18 Å². The number of carbonyl (C=O) groups excluding carboxylic acids is 2. The molecule has 2 aromatic carbocycles. The lowest BCUT2D eigenvalue weighted by Crippen LogP contribution is -2.50. The number of rotatable bonds is 5. The lowest BCUT2D eigenvalue weighted by atomic mass is 9.96. The number of halogens is 12. The van der Waals surface area contributed by atoms with Crippen LogP contribution in [0.15, 0.2) is 40.9 Å². The quantitative estimate of drug-likeness (QED) is 0.192. The monoisotopic (exact) mass is 673 g/mol. The van der Waals surface area contributed by atoms with E-state index < -0.39 is 59.6 Å². The number of hydrogen-bond acceptors (Lipinski definition) is 2. The minimum absolute atomic E-state index is 0.132. The maximum absolute atomic E-state index is 13.7. The van der Waals surface area contributed by atoms with Crippen molar-refractivity contribution < 1.29 is 49.1 Å². The predicted octanol–water partition coefficient (Wildman–Crippen LogP) is 7.98. The fourth-order valence-corrected chi connectivity index (χ4v) is 3.76. The van der Waals surface area contributed by atoms with Crippen molar-refractivity contribution in [1.29, 1.82) is 0 Å². The van der Waals surface area contributed by atoms with Crippen molar-refractivity contribution in [2.45, 2.75) is 24.4 Å². The second kappa shape index (κ2) is 12.3. The molecule has 1 atom stereocenters. The molecule has 0 fully saturated rings. The van der Waals surface area contributed by atoms with Crippen LogP contribution in [0.1, 0.15) is 33.0 Å². The number of allylic oxidation sites excluding steroid dienone is 1. The Balaban J connectivity index is 2.37. The van der Waals surface area contributed by atoms with Crippen molar-refractivity contribution in [1.82, 2.24) is 15.8 Å². The van der Waals surface area contributed by atoms with E-state index in [1.807, 2.05) is 0 Å². The van der Waals surface area contributed by atoms with E-state index >= 15 is 0 Å². The molecule has 214 valence electrons. The molecule has 2 rings (SSSR count). The van der Waals surface area contributed by atoms with Gasteiger partial charge in [-0.15, -0.1) is 0 Å². The SMILES string of the molecule is CN(NC(=O)c1ccc(C=CC(c2cc(Cl)c(Br)c(Cl)c2)C(F)(F)F)cc1C(F)(F)F)C(=O)NCC(F)(F)F. The van der Waals surface area contributed by atoms with Gasteiger partial charge in [0.05, 0.1) is 31.6 Å². The van der Waals surface area contributed by atoms with Gasteiger partial charge in [-0.3, -0.25) is 10.2 Å². The summed E-state index contributed by atoms with van der Waals surface area (Å²) < 4.78 is 119. The van der Waals surface area contributed by atoms with Crippen LogP contribution in [0.25, 0.3) is 6.08 Å². The number of alkyl halides is 9. The largest absolute Gasteiger partial charge is 0.417 e. The summed E-state index contributed by atoms with van der Waals surface area (Å²) >= 11 is 14.8. The first-order chi connectivity index (χ1) is 17.7. The topological polar surface area (TPSA) is 61.4 Å². The van der Waals surface area contributed by atoms with E-state index in [-0.39, 0.29) is 25.1 Å². The highest BCUT2D eigenvalue weighted by atomic mass is 79.9. The van der Waals surface area contributed by atoms with Gasteiger partial charge in [0.25, 0.3) is 5.91 Å². The number of nitrogens with zero attached hydrogens (tertiary/aromatic N) is 1. The Kier molecular flexibility index (Phi) is 10.2. The Morgan fingerprint density at radius 2 is 1.56 bits per heavy atom. The zero-order chi connectivity index (χ0) is 29.9. The molecule has 39 heavy (non-hydrogen) atoms. The standard InChI is InChI=1S/C22H15BrCl2F9N3O2/c1-37(19(39)35-9-20(26,27)28)36-18(38)12-4-2-10(6-14(12)22(32,33)34)3-5-13(21(29,30)31)11-7-15(24)17(23)16(25)8-11/h2-8,13H,9H2,1H3,(H,35,39)(H,36,38). The number of urea groups is 1. The van der Waals surface area contributed by atoms with E-state index in [1.165, 1.54) is 5.32 Å². The second-order valence-electron chi connectivity index (χ2n) is 7.75. The van der Waals surface area contributed by atoms with Crippen molar-refractivity contribution >= 4 is 57.1 Å². The van der Waals surface area contributed by atoms with E-state index in [4.69, 9.17) is 23.2 Å². The number of benzene rings is 2. The molecular formula is C22H15BrCl2F9N3O2. The number of carbonyl (C=O) groups is 2. The van der Waals surface area contributed by atoms with Crippen LogP contribution in [0.2, 0.25) is 10.0 Å². The van der Waals surface area contributed by atoms with Gasteiger partial charge in [-0.05, 0) is 51.3 Å². The van der Waals surface area contributed by atoms with Crippen molar-refractivity contribution in [2.75, 3.05) is 13.6 Å². The van der Waals surface area contributed by atoms with Crippen LogP contribution in [0.4, 0.5) is 44.3 Å². The number of nitrogens with one attached hydrogen (secondary N) is 2. The Hall–Kier alpha value is -2.65. The molecule has 2 aromatic rings. The Bertz CT molecular complexity index is 1240. The van der Waals surface area contributed by atoms with E-state index in [1.54, 1.807) is 5.43 Å². The molecule has 0 spiro atoms. The molecule has 0 saturated carbocycles. The summed E-state index contributed by atoms with van der Waals surface area (Å²) in [5.74, 6) is -3.84. The van der Waals surface area contributed by atoms with Crippen LogP contribution >= 0.6 is 39.1 Å². The summed E-state index contributed by atoms with van der Waals surface area (Å²) in [5.41, 5.74) is -1.71. The van der Waals surface area contributed by atoms with Crippen LogP contribution < -0.4 is 10.7 Å². The normalized spacial score (nSPS) is 13.4. The molecule has 0 aliphatic heterocycles. The average Bonchev–Trinajstić information content (AvgIpc) is 2.78. The summed E-state index contributed by atoms with van der Waals surface area (Å²) in [5, 5.41) is 1.33. The van der Waals surface area contributed by atoms with Gasteiger partial charge in [-0.2, -0.15) is 39.5 Å². The van der Waals surface area contributed by atoms with Crippen molar-refractivity contribution in [2.24, 2.45) is 0 Å². The summed E-state index contributed by atoms with van der Waals surface area (Å²) in [6.07, 6.45) is -13.5. The van der Waals surface area contributed by atoms with Crippen LogP contribution in [0, 0.1) is 0 Å². The molecule has 2 N–H and O–H groups in total. The molecule has 0 bridgehead atoms. The number of hydrogen-bond donors (Lipinski definition) is 2. The summed E-state index contributed by atoms with van der Waals surface area (Å²) in [4.78, 5) is 24.0. The smallest absolute Gasteiger partial charge is 0.327 e. The maximum atomic E-state index is 13.7. The molecule has 17 heteroatoms. The minimum atomic E-state index is -5.18. The Labute approximate surface area is 233 Å². The predicted molar refractivity (Wildman–Crippen MR) is 128 cm³/mol. The van der Waals surface area contributed by atoms with Crippen molar-refractivity contribution in [3.05, 3.63) is 73.2 Å². The van der Waals surface area contributed by atoms with Gasteiger partial charge >= 0.3 is 24.6 Å². The summed E-state index contributed by atoms with van der Waals surface area (Å²) in [7, 11) is 0.784. The lowest BCUT2D eigenvalue weighted by molar-refractivity contribution is -0.139. The molecule has 1 unspecified atom stereocenters. The van der Waals surface area contributed by atoms with Gasteiger partial charge in [0.1, 0.15) is 6.54 Å². The first-order valence-corrected chi connectivity index (χ1v) is 11.8. The minimum Gasteiger partial charge on any atom is -0.327 e. The highest BCUT2D eigenvalue weighted by Gasteiger charge is 2.40. The highest BCUT2D eigenvalue weighted by Crippen LogP contribution is 2.41. The maximum Gasteiger partial charge on any atom is 0.417 e. The fraction of sp³-hybridized carbons (Fsp3) is 0.273. The van der Waals surface area contributed by atoms with Crippen molar-refractivity contribution in [3.63, 3.8) is 0 Å².